The topological polar surface area (TPSA) is 17.8 Å². The maximum Gasteiger partial charge on any atom is 0.0963 e. The number of nitrogens with zero attached hydrogens (tertiary/aromatic N) is 2. The van der Waals surface area contributed by atoms with Gasteiger partial charge in [0.15, 0.2) is 0 Å². The van der Waals surface area contributed by atoms with Crippen molar-refractivity contribution in [2.24, 2.45) is 0 Å². The Bertz CT molecular complexity index is 2040. The van der Waals surface area contributed by atoms with Crippen LogP contribution < -0.4 is 0 Å². The number of fused-ring (bicyclic) bond motifs is 5. The molecular formula is C37H24N2. The minimum atomic E-state index is 1.03. The van der Waals surface area contributed by atoms with E-state index >= 15 is 0 Å². The van der Waals surface area contributed by atoms with E-state index in [2.05, 4.69) is 138 Å². The standard InChI is InChI=1S/C37H24N2/c1-2-11-25(12-3-1)35-28-13-4-6-15-30(28)36(31-16-7-5-14-29(31)35)26-20-22-27(23-21-26)39-33-18-9-8-17-32(33)37-34(39)19-10-24-38-37/h1-24H. The molecule has 0 saturated carbocycles. The van der Waals surface area contributed by atoms with Gasteiger partial charge in [0, 0.05) is 17.3 Å². The number of aromatic nitrogens is 2. The van der Waals surface area contributed by atoms with Crippen molar-refractivity contribution in [3.8, 4) is 27.9 Å². The largest absolute Gasteiger partial charge is 0.308 e. The van der Waals surface area contributed by atoms with Crippen LogP contribution in [0.25, 0.3) is 71.4 Å². The van der Waals surface area contributed by atoms with Crippen LogP contribution in [0, 0.1) is 0 Å². The number of hydrogen-bond donors (Lipinski definition) is 0. The average molecular weight is 497 g/mol. The van der Waals surface area contributed by atoms with Crippen LogP contribution >= 0.6 is 0 Å². The fourth-order valence-corrected chi connectivity index (χ4v) is 6.19. The first-order valence-electron chi connectivity index (χ1n) is 13.3. The first-order chi connectivity index (χ1) is 19.4. The molecule has 0 atom stereocenters. The highest BCUT2D eigenvalue weighted by Crippen LogP contribution is 2.43. The van der Waals surface area contributed by atoms with Gasteiger partial charge in [-0.1, -0.05) is 109 Å². The molecule has 2 nitrogen and oxygen atoms in total. The molecule has 0 spiro atoms. The van der Waals surface area contributed by atoms with Gasteiger partial charge in [0.05, 0.1) is 16.6 Å². The highest BCUT2D eigenvalue weighted by molar-refractivity contribution is 6.21. The zero-order chi connectivity index (χ0) is 25.8. The second kappa shape index (κ2) is 8.68. The third-order valence-corrected chi connectivity index (χ3v) is 7.84. The molecule has 0 aliphatic carbocycles. The van der Waals surface area contributed by atoms with Crippen molar-refractivity contribution in [3.05, 3.63) is 146 Å². The number of pyridine rings is 1. The molecular weight excluding hydrogens is 472 g/mol. The minimum absolute atomic E-state index is 1.03. The van der Waals surface area contributed by atoms with Crippen LogP contribution in [-0.2, 0) is 0 Å². The smallest absolute Gasteiger partial charge is 0.0963 e. The Morgan fingerprint density at radius 2 is 0.872 bits per heavy atom. The molecule has 2 aromatic heterocycles. The van der Waals surface area contributed by atoms with Gasteiger partial charge in [-0.3, -0.25) is 4.98 Å². The normalized spacial score (nSPS) is 11.6. The third-order valence-electron chi connectivity index (χ3n) is 7.84. The molecule has 39 heavy (non-hydrogen) atoms. The highest BCUT2D eigenvalue weighted by Gasteiger charge is 2.17. The van der Waals surface area contributed by atoms with Crippen molar-refractivity contribution in [1.29, 1.82) is 0 Å². The van der Waals surface area contributed by atoms with Crippen LogP contribution in [0.2, 0.25) is 0 Å². The number of rotatable bonds is 3. The fourth-order valence-electron chi connectivity index (χ4n) is 6.19. The minimum Gasteiger partial charge on any atom is -0.308 e. The molecule has 8 rings (SSSR count). The summed E-state index contributed by atoms with van der Waals surface area (Å²) in [5, 5.41) is 6.25. The maximum absolute atomic E-state index is 4.70. The molecule has 0 fully saturated rings. The molecule has 2 heteroatoms. The molecule has 8 aromatic rings. The summed E-state index contributed by atoms with van der Waals surface area (Å²) < 4.78 is 2.32. The van der Waals surface area contributed by atoms with E-state index in [9.17, 15) is 0 Å². The quantitative estimate of drug-likeness (QED) is 0.223. The molecule has 6 aromatic carbocycles. The van der Waals surface area contributed by atoms with E-state index in [0.717, 1.165) is 16.7 Å². The van der Waals surface area contributed by atoms with Gasteiger partial charge in [-0.2, -0.15) is 0 Å². The van der Waals surface area contributed by atoms with Crippen molar-refractivity contribution >= 4 is 43.5 Å². The summed E-state index contributed by atoms with van der Waals surface area (Å²) in [4.78, 5) is 4.70. The van der Waals surface area contributed by atoms with Crippen LogP contribution in [0.5, 0.6) is 0 Å². The van der Waals surface area contributed by atoms with E-state index in [0.29, 0.717) is 0 Å². The lowest BCUT2D eigenvalue weighted by atomic mass is 9.86. The summed E-state index contributed by atoms with van der Waals surface area (Å²) in [6.45, 7) is 0. The van der Waals surface area contributed by atoms with Gasteiger partial charge in [0.25, 0.3) is 0 Å². The number of benzene rings is 6. The lowest BCUT2D eigenvalue weighted by Crippen LogP contribution is -1.94. The molecule has 0 aliphatic heterocycles. The van der Waals surface area contributed by atoms with E-state index in [4.69, 9.17) is 4.98 Å². The van der Waals surface area contributed by atoms with Crippen molar-refractivity contribution < 1.29 is 0 Å². The Hall–Kier alpha value is -5.21. The summed E-state index contributed by atoms with van der Waals surface area (Å²) in [6.07, 6.45) is 1.87. The molecule has 182 valence electrons. The van der Waals surface area contributed by atoms with Crippen molar-refractivity contribution in [2.75, 3.05) is 0 Å². The molecule has 0 saturated heterocycles. The van der Waals surface area contributed by atoms with Crippen molar-refractivity contribution in [1.82, 2.24) is 9.55 Å². The summed E-state index contributed by atoms with van der Waals surface area (Å²) in [7, 11) is 0. The average Bonchev–Trinajstić information content (AvgIpc) is 3.35. The monoisotopic (exact) mass is 496 g/mol. The first kappa shape index (κ1) is 21.8. The predicted molar refractivity (Wildman–Crippen MR) is 164 cm³/mol. The second-order valence-corrected chi connectivity index (χ2v) is 9.98. The van der Waals surface area contributed by atoms with Gasteiger partial charge in [-0.25, -0.2) is 0 Å². The molecule has 0 radical (unpaired) electrons. The summed E-state index contributed by atoms with van der Waals surface area (Å²) in [5.74, 6) is 0. The maximum atomic E-state index is 4.70. The fraction of sp³-hybridized carbons (Fsp3) is 0. The Morgan fingerprint density at radius 3 is 1.49 bits per heavy atom. The zero-order valence-electron chi connectivity index (χ0n) is 21.3. The third kappa shape index (κ3) is 3.32. The van der Waals surface area contributed by atoms with Gasteiger partial charge in [0.2, 0.25) is 0 Å². The number of para-hydroxylation sites is 1. The van der Waals surface area contributed by atoms with Gasteiger partial charge in [-0.05, 0) is 74.1 Å². The van der Waals surface area contributed by atoms with Crippen LogP contribution in [0.15, 0.2) is 146 Å². The predicted octanol–water partition coefficient (Wildman–Crippen LogP) is 9.82. The van der Waals surface area contributed by atoms with E-state index in [1.54, 1.807) is 0 Å². The van der Waals surface area contributed by atoms with Gasteiger partial charge in [-0.15, -0.1) is 0 Å². The summed E-state index contributed by atoms with van der Waals surface area (Å²) in [5.41, 5.74) is 9.47. The molecule has 0 bridgehead atoms. The van der Waals surface area contributed by atoms with Gasteiger partial charge in [0.1, 0.15) is 0 Å². The van der Waals surface area contributed by atoms with E-state index in [-0.39, 0.29) is 0 Å². The van der Waals surface area contributed by atoms with Crippen LogP contribution in [0.1, 0.15) is 0 Å². The Balaban J connectivity index is 1.38. The Kier molecular flexibility index (Phi) is 4.86. The lowest BCUT2D eigenvalue weighted by molar-refractivity contribution is 1.18. The zero-order valence-corrected chi connectivity index (χ0v) is 21.3. The summed E-state index contributed by atoms with van der Waals surface area (Å²) >= 11 is 0. The summed E-state index contributed by atoms with van der Waals surface area (Å²) in [6, 6.07) is 50.0. The highest BCUT2D eigenvalue weighted by atomic mass is 15.0. The van der Waals surface area contributed by atoms with E-state index in [1.165, 1.54) is 54.7 Å². The first-order valence-corrected chi connectivity index (χ1v) is 13.3. The molecule has 0 aliphatic rings. The molecule has 0 amide bonds. The Morgan fingerprint density at radius 1 is 0.385 bits per heavy atom. The molecule has 2 heterocycles. The van der Waals surface area contributed by atoms with Gasteiger partial charge >= 0.3 is 0 Å². The Labute approximate surface area is 226 Å². The van der Waals surface area contributed by atoms with Crippen LogP contribution in [0.3, 0.4) is 0 Å². The van der Waals surface area contributed by atoms with Crippen LogP contribution in [0.4, 0.5) is 0 Å². The van der Waals surface area contributed by atoms with Gasteiger partial charge < -0.3 is 4.57 Å². The number of hydrogen-bond acceptors (Lipinski definition) is 1. The van der Waals surface area contributed by atoms with Crippen molar-refractivity contribution in [2.45, 2.75) is 0 Å². The SMILES string of the molecule is c1ccc(-c2c3ccccc3c(-c3ccc(-n4c5ccccc5c5ncccc54)cc3)c3ccccc23)cc1. The van der Waals surface area contributed by atoms with Crippen molar-refractivity contribution in [3.63, 3.8) is 0 Å². The lowest BCUT2D eigenvalue weighted by Gasteiger charge is -2.18. The van der Waals surface area contributed by atoms with E-state index in [1.807, 2.05) is 12.3 Å². The van der Waals surface area contributed by atoms with E-state index < -0.39 is 0 Å². The molecule has 0 N–H and O–H groups in total. The van der Waals surface area contributed by atoms with Crippen LogP contribution in [-0.4, -0.2) is 9.55 Å². The molecule has 0 unspecified atom stereocenters. The second-order valence-electron chi connectivity index (χ2n) is 9.98.